The summed E-state index contributed by atoms with van der Waals surface area (Å²) in [5.41, 5.74) is 1.05. The van der Waals surface area contributed by atoms with E-state index in [0.717, 1.165) is 37.3 Å². The number of rotatable bonds is 7. The molecule has 1 heterocycles. The van der Waals surface area contributed by atoms with Crippen LogP contribution in [0.1, 0.15) is 32.4 Å². The molecule has 0 N–H and O–H groups in total. The van der Waals surface area contributed by atoms with Crippen molar-refractivity contribution in [1.29, 1.82) is 0 Å². The van der Waals surface area contributed by atoms with Crippen molar-refractivity contribution in [3.8, 4) is 5.75 Å². The molecule has 0 unspecified atom stereocenters. The number of unbranched alkanes of at least 4 members (excludes halogenated alkanes) is 1. The minimum absolute atomic E-state index is 0.700. The fourth-order valence-electron chi connectivity index (χ4n) is 1.48. The van der Waals surface area contributed by atoms with Gasteiger partial charge in [0, 0.05) is 6.54 Å². The number of ether oxygens (including phenoxy) is 1. The summed E-state index contributed by atoms with van der Waals surface area (Å²) < 4.78 is 7.48. The maximum absolute atomic E-state index is 5.51. The fraction of sp³-hybridized carbons (Fsp3) is 0.583. The quantitative estimate of drug-likeness (QED) is 0.509. The van der Waals surface area contributed by atoms with E-state index in [1.807, 2.05) is 23.9 Å². The molecular formula is C12H20N2O. The molecule has 1 aromatic heterocycles. The summed E-state index contributed by atoms with van der Waals surface area (Å²) in [5.74, 6) is 0.929. The van der Waals surface area contributed by atoms with E-state index in [1.54, 1.807) is 0 Å². The van der Waals surface area contributed by atoms with E-state index in [9.17, 15) is 0 Å². The Balaban J connectivity index is 2.60. The molecule has 0 saturated carbocycles. The lowest BCUT2D eigenvalue weighted by molar-refractivity contribution is 0.336. The van der Waals surface area contributed by atoms with Crippen molar-refractivity contribution in [2.75, 3.05) is 6.61 Å². The highest BCUT2D eigenvalue weighted by molar-refractivity contribution is 5.24. The summed E-state index contributed by atoms with van der Waals surface area (Å²) in [6.45, 7) is 9.43. The molecular weight excluding hydrogens is 188 g/mol. The molecule has 3 nitrogen and oxygen atoms in total. The van der Waals surface area contributed by atoms with E-state index >= 15 is 0 Å². The third-order valence-corrected chi connectivity index (χ3v) is 2.23. The Labute approximate surface area is 91.7 Å². The molecule has 0 bridgehead atoms. The lowest BCUT2D eigenvalue weighted by atomic mass is 10.3. The van der Waals surface area contributed by atoms with Crippen LogP contribution >= 0.6 is 0 Å². The maximum atomic E-state index is 5.51. The van der Waals surface area contributed by atoms with Gasteiger partial charge in [-0.2, -0.15) is 5.10 Å². The van der Waals surface area contributed by atoms with Crippen LogP contribution in [0.25, 0.3) is 0 Å². The van der Waals surface area contributed by atoms with Gasteiger partial charge in [-0.3, -0.25) is 4.68 Å². The molecule has 3 heteroatoms. The molecule has 0 aromatic carbocycles. The molecule has 0 spiro atoms. The van der Waals surface area contributed by atoms with Crippen molar-refractivity contribution in [3.63, 3.8) is 0 Å². The maximum Gasteiger partial charge on any atom is 0.160 e. The van der Waals surface area contributed by atoms with Crippen LogP contribution < -0.4 is 4.74 Å². The molecule has 1 rings (SSSR count). The minimum atomic E-state index is 0.700. The SMILES string of the molecule is C=CCCCn1cc(OCC)c(CC)n1. The van der Waals surface area contributed by atoms with Crippen LogP contribution in [0.3, 0.4) is 0 Å². The van der Waals surface area contributed by atoms with Gasteiger partial charge in [0.05, 0.1) is 12.8 Å². The molecule has 0 aliphatic heterocycles. The summed E-state index contributed by atoms with van der Waals surface area (Å²) in [7, 11) is 0. The monoisotopic (exact) mass is 208 g/mol. The molecule has 15 heavy (non-hydrogen) atoms. The summed E-state index contributed by atoms with van der Waals surface area (Å²) in [4.78, 5) is 0. The molecule has 0 amide bonds. The number of aryl methyl sites for hydroxylation is 2. The lowest BCUT2D eigenvalue weighted by Crippen LogP contribution is -1.98. The topological polar surface area (TPSA) is 27.1 Å². The first-order valence-electron chi connectivity index (χ1n) is 5.61. The average molecular weight is 208 g/mol. The molecule has 0 aliphatic carbocycles. The third kappa shape index (κ3) is 3.42. The molecule has 0 atom stereocenters. The van der Waals surface area contributed by atoms with Crippen LogP contribution in [-0.4, -0.2) is 16.4 Å². The van der Waals surface area contributed by atoms with Gasteiger partial charge in [-0.05, 0) is 26.2 Å². The number of hydrogen-bond donors (Lipinski definition) is 0. The molecule has 0 aliphatic rings. The van der Waals surface area contributed by atoms with E-state index in [0.29, 0.717) is 6.61 Å². The number of aromatic nitrogens is 2. The van der Waals surface area contributed by atoms with E-state index in [-0.39, 0.29) is 0 Å². The summed E-state index contributed by atoms with van der Waals surface area (Å²) in [6, 6.07) is 0. The van der Waals surface area contributed by atoms with E-state index < -0.39 is 0 Å². The zero-order chi connectivity index (χ0) is 11.1. The summed E-state index contributed by atoms with van der Waals surface area (Å²) in [5, 5.41) is 4.48. The zero-order valence-electron chi connectivity index (χ0n) is 9.70. The molecule has 1 aromatic rings. The lowest BCUT2D eigenvalue weighted by Gasteiger charge is -1.99. The standard InChI is InChI=1S/C12H20N2O/c1-4-7-8-9-14-10-12(15-6-3)11(5-2)13-14/h4,10H,1,5-9H2,2-3H3. The Morgan fingerprint density at radius 2 is 2.33 bits per heavy atom. The second kappa shape index (κ2) is 6.27. The highest BCUT2D eigenvalue weighted by atomic mass is 16.5. The Kier molecular flexibility index (Phi) is 4.95. The van der Waals surface area contributed by atoms with Crippen molar-refractivity contribution in [3.05, 3.63) is 24.5 Å². The Morgan fingerprint density at radius 3 is 2.93 bits per heavy atom. The van der Waals surface area contributed by atoms with Crippen LogP contribution in [-0.2, 0) is 13.0 Å². The van der Waals surface area contributed by atoms with Gasteiger partial charge in [0.2, 0.25) is 0 Å². The van der Waals surface area contributed by atoms with Crippen LogP contribution in [0.15, 0.2) is 18.9 Å². The van der Waals surface area contributed by atoms with Crippen LogP contribution in [0.5, 0.6) is 5.75 Å². The second-order valence-corrected chi connectivity index (χ2v) is 3.42. The van der Waals surface area contributed by atoms with Gasteiger partial charge in [0.25, 0.3) is 0 Å². The number of hydrogen-bond acceptors (Lipinski definition) is 2. The zero-order valence-corrected chi connectivity index (χ0v) is 9.70. The fourth-order valence-corrected chi connectivity index (χ4v) is 1.48. The van der Waals surface area contributed by atoms with Crippen LogP contribution in [0, 0.1) is 0 Å². The second-order valence-electron chi connectivity index (χ2n) is 3.42. The Hall–Kier alpha value is -1.25. The van der Waals surface area contributed by atoms with Gasteiger partial charge in [0.1, 0.15) is 5.69 Å². The van der Waals surface area contributed by atoms with Crippen LogP contribution in [0.2, 0.25) is 0 Å². The van der Waals surface area contributed by atoms with E-state index in [4.69, 9.17) is 4.74 Å². The van der Waals surface area contributed by atoms with Crippen molar-refractivity contribution in [2.24, 2.45) is 0 Å². The highest BCUT2D eigenvalue weighted by Crippen LogP contribution is 2.17. The Morgan fingerprint density at radius 1 is 1.53 bits per heavy atom. The normalized spacial score (nSPS) is 10.3. The Bertz CT molecular complexity index is 305. The summed E-state index contributed by atoms with van der Waals surface area (Å²) >= 11 is 0. The number of nitrogens with zero attached hydrogens (tertiary/aromatic N) is 2. The molecule has 84 valence electrons. The van der Waals surface area contributed by atoms with Crippen molar-refractivity contribution < 1.29 is 4.74 Å². The average Bonchev–Trinajstić information content (AvgIpc) is 2.62. The smallest absolute Gasteiger partial charge is 0.160 e. The third-order valence-electron chi connectivity index (χ3n) is 2.23. The van der Waals surface area contributed by atoms with Gasteiger partial charge < -0.3 is 4.74 Å². The van der Waals surface area contributed by atoms with Crippen molar-refractivity contribution >= 4 is 0 Å². The van der Waals surface area contributed by atoms with Crippen LogP contribution in [0.4, 0.5) is 0 Å². The van der Waals surface area contributed by atoms with Gasteiger partial charge in [0.15, 0.2) is 5.75 Å². The minimum Gasteiger partial charge on any atom is -0.490 e. The largest absolute Gasteiger partial charge is 0.490 e. The van der Waals surface area contributed by atoms with Gasteiger partial charge >= 0.3 is 0 Å². The highest BCUT2D eigenvalue weighted by Gasteiger charge is 2.07. The number of allylic oxidation sites excluding steroid dienone is 1. The van der Waals surface area contributed by atoms with E-state index in [1.165, 1.54) is 0 Å². The first-order chi connectivity index (χ1) is 7.31. The van der Waals surface area contributed by atoms with E-state index in [2.05, 4.69) is 18.6 Å². The van der Waals surface area contributed by atoms with Crippen molar-refractivity contribution in [2.45, 2.75) is 39.7 Å². The molecule has 0 fully saturated rings. The van der Waals surface area contributed by atoms with Crippen molar-refractivity contribution in [1.82, 2.24) is 9.78 Å². The first kappa shape index (κ1) is 11.8. The first-order valence-corrected chi connectivity index (χ1v) is 5.61. The summed E-state index contributed by atoms with van der Waals surface area (Å²) in [6.07, 6.45) is 6.97. The van der Waals surface area contributed by atoms with Gasteiger partial charge in [-0.15, -0.1) is 6.58 Å². The molecule has 0 saturated heterocycles. The predicted molar refractivity (Wildman–Crippen MR) is 62.2 cm³/mol. The predicted octanol–water partition coefficient (Wildman–Crippen LogP) is 2.81. The molecule has 0 radical (unpaired) electrons. The van der Waals surface area contributed by atoms with Gasteiger partial charge in [-0.25, -0.2) is 0 Å². The van der Waals surface area contributed by atoms with Gasteiger partial charge in [-0.1, -0.05) is 13.0 Å².